The molecule has 2 amide bonds. The van der Waals surface area contributed by atoms with Crippen molar-refractivity contribution < 1.29 is 14.3 Å². The number of hydrogen-bond donors (Lipinski definition) is 0. The molecule has 124 valence electrons. The molecule has 0 radical (unpaired) electrons. The Labute approximate surface area is 136 Å². The van der Waals surface area contributed by atoms with Crippen molar-refractivity contribution in [3.05, 3.63) is 24.3 Å². The molecule has 0 bridgehead atoms. The van der Waals surface area contributed by atoms with Crippen LogP contribution in [0.5, 0.6) is 5.75 Å². The topological polar surface area (TPSA) is 53.1 Å². The second-order valence-corrected chi connectivity index (χ2v) is 6.05. The molecule has 2 heterocycles. The zero-order chi connectivity index (χ0) is 16.4. The number of rotatable bonds is 4. The van der Waals surface area contributed by atoms with Crippen molar-refractivity contribution in [3.8, 4) is 5.75 Å². The van der Waals surface area contributed by atoms with Crippen LogP contribution in [0.4, 0.5) is 5.69 Å². The van der Waals surface area contributed by atoms with Gasteiger partial charge in [-0.3, -0.25) is 14.5 Å². The maximum atomic E-state index is 12.7. The summed E-state index contributed by atoms with van der Waals surface area (Å²) in [7, 11) is 2.07. The smallest absolute Gasteiger partial charge is 0.251 e. The van der Waals surface area contributed by atoms with E-state index in [9.17, 15) is 9.59 Å². The highest BCUT2D eigenvalue weighted by Crippen LogP contribution is 2.27. The van der Waals surface area contributed by atoms with Gasteiger partial charge in [0.25, 0.3) is 5.91 Å². The van der Waals surface area contributed by atoms with E-state index in [2.05, 4.69) is 16.8 Å². The summed E-state index contributed by atoms with van der Waals surface area (Å²) < 4.78 is 5.40. The highest BCUT2D eigenvalue weighted by atomic mass is 16.5. The molecular weight excluding hydrogens is 294 g/mol. The van der Waals surface area contributed by atoms with Crippen LogP contribution in [0.1, 0.15) is 13.3 Å². The molecule has 6 nitrogen and oxygen atoms in total. The molecule has 2 saturated heterocycles. The third kappa shape index (κ3) is 3.23. The first-order valence-corrected chi connectivity index (χ1v) is 8.12. The van der Waals surface area contributed by atoms with Crippen LogP contribution in [-0.2, 0) is 9.59 Å². The van der Waals surface area contributed by atoms with Gasteiger partial charge in [-0.05, 0) is 38.2 Å². The van der Waals surface area contributed by atoms with E-state index in [1.807, 2.05) is 6.92 Å². The maximum absolute atomic E-state index is 12.7. The van der Waals surface area contributed by atoms with Gasteiger partial charge in [-0.1, -0.05) is 0 Å². The Kier molecular flexibility index (Phi) is 4.63. The van der Waals surface area contributed by atoms with Gasteiger partial charge in [-0.25, -0.2) is 4.90 Å². The molecule has 1 aromatic rings. The highest BCUT2D eigenvalue weighted by Gasteiger charge is 2.43. The first-order chi connectivity index (χ1) is 11.1. The Morgan fingerprint density at radius 3 is 2.35 bits per heavy atom. The minimum atomic E-state index is -0.317. The number of nitrogens with zero attached hydrogens (tertiary/aromatic N) is 3. The van der Waals surface area contributed by atoms with Crippen LogP contribution in [0.3, 0.4) is 0 Å². The Hall–Kier alpha value is -1.92. The zero-order valence-electron chi connectivity index (χ0n) is 13.7. The highest BCUT2D eigenvalue weighted by molar-refractivity contribution is 6.22. The number of ether oxygens (including phenoxy) is 1. The molecule has 1 unspecified atom stereocenters. The molecule has 23 heavy (non-hydrogen) atoms. The first-order valence-electron chi connectivity index (χ1n) is 8.12. The minimum absolute atomic E-state index is 0.108. The van der Waals surface area contributed by atoms with Crippen molar-refractivity contribution in [1.82, 2.24) is 9.80 Å². The summed E-state index contributed by atoms with van der Waals surface area (Å²) in [5.41, 5.74) is 0.625. The summed E-state index contributed by atoms with van der Waals surface area (Å²) in [5.74, 6) is 0.512. The van der Waals surface area contributed by atoms with Crippen molar-refractivity contribution in [2.45, 2.75) is 19.4 Å². The van der Waals surface area contributed by atoms with Gasteiger partial charge in [-0.15, -0.1) is 0 Å². The van der Waals surface area contributed by atoms with Crippen LogP contribution in [0, 0.1) is 0 Å². The maximum Gasteiger partial charge on any atom is 0.251 e. The summed E-state index contributed by atoms with van der Waals surface area (Å²) in [6, 6.07) is 6.81. The van der Waals surface area contributed by atoms with Gasteiger partial charge < -0.3 is 9.64 Å². The predicted octanol–water partition coefficient (Wildman–Crippen LogP) is 0.965. The summed E-state index contributed by atoms with van der Waals surface area (Å²) in [4.78, 5) is 30.8. The van der Waals surface area contributed by atoms with E-state index in [-0.39, 0.29) is 24.3 Å². The number of likely N-dealkylation sites (N-methyl/N-ethyl adjacent to an activating group) is 1. The molecule has 0 aromatic heterocycles. The molecule has 0 saturated carbocycles. The quantitative estimate of drug-likeness (QED) is 0.775. The van der Waals surface area contributed by atoms with Crippen molar-refractivity contribution in [3.63, 3.8) is 0 Å². The number of benzene rings is 1. The second-order valence-electron chi connectivity index (χ2n) is 6.05. The molecule has 1 atom stereocenters. The largest absolute Gasteiger partial charge is 0.494 e. The summed E-state index contributed by atoms with van der Waals surface area (Å²) in [6.45, 7) is 6.03. The fourth-order valence-corrected chi connectivity index (χ4v) is 3.16. The van der Waals surface area contributed by atoms with Crippen LogP contribution in [0.25, 0.3) is 0 Å². The van der Waals surface area contributed by atoms with E-state index in [0.29, 0.717) is 12.3 Å². The van der Waals surface area contributed by atoms with Gasteiger partial charge in [0, 0.05) is 26.2 Å². The number of carbonyl (C=O) groups is 2. The molecule has 2 aliphatic heterocycles. The third-order valence-electron chi connectivity index (χ3n) is 4.51. The van der Waals surface area contributed by atoms with Gasteiger partial charge in [0.1, 0.15) is 5.75 Å². The van der Waals surface area contributed by atoms with E-state index in [0.717, 1.165) is 31.9 Å². The number of anilines is 1. The monoisotopic (exact) mass is 317 g/mol. The van der Waals surface area contributed by atoms with E-state index in [4.69, 9.17) is 4.74 Å². The van der Waals surface area contributed by atoms with Gasteiger partial charge >= 0.3 is 0 Å². The average molecular weight is 317 g/mol. The molecule has 3 rings (SSSR count). The third-order valence-corrected chi connectivity index (χ3v) is 4.51. The number of amides is 2. The Morgan fingerprint density at radius 2 is 1.74 bits per heavy atom. The Balaban J connectivity index is 1.73. The minimum Gasteiger partial charge on any atom is -0.494 e. The fourth-order valence-electron chi connectivity index (χ4n) is 3.16. The first kappa shape index (κ1) is 16.0. The van der Waals surface area contributed by atoms with Gasteiger partial charge in [0.15, 0.2) is 0 Å². The van der Waals surface area contributed by atoms with E-state index >= 15 is 0 Å². The molecule has 2 aliphatic rings. The lowest BCUT2D eigenvalue weighted by Crippen LogP contribution is -2.51. The van der Waals surface area contributed by atoms with E-state index in [1.165, 1.54) is 4.90 Å². The number of hydrogen-bond acceptors (Lipinski definition) is 5. The van der Waals surface area contributed by atoms with Gasteiger partial charge in [-0.2, -0.15) is 0 Å². The van der Waals surface area contributed by atoms with Crippen LogP contribution in [0.2, 0.25) is 0 Å². The lowest BCUT2D eigenvalue weighted by molar-refractivity contribution is -0.123. The predicted molar refractivity (Wildman–Crippen MR) is 87.6 cm³/mol. The molecule has 0 N–H and O–H groups in total. The molecule has 6 heteroatoms. The normalized spacial score (nSPS) is 23.6. The van der Waals surface area contributed by atoms with Gasteiger partial charge in [0.05, 0.1) is 24.8 Å². The van der Waals surface area contributed by atoms with E-state index in [1.54, 1.807) is 24.3 Å². The standard InChI is InChI=1S/C17H23N3O3/c1-3-23-14-6-4-13(5-7-14)20-16(21)12-15(17(20)22)19-10-8-18(2)9-11-19/h4-7,15H,3,8-12H2,1-2H3. The molecule has 0 spiro atoms. The molecule has 0 aliphatic carbocycles. The molecule has 1 aromatic carbocycles. The summed E-state index contributed by atoms with van der Waals surface area (Å²) >= 11 is 0. The molecular formula is C17H23N3O3. The van der Waals surface area contributed by atoms with Crippen molar-refractivity contribution in [2.75, 3.05) is 44.7 Å². The van der Waals surface area contributed by atoms with Crippen LogP contribution < -0.4 is 9.64 Å². The number of piperazine rings is 1. The Bertz CT molecular complexity index is 579. The van der Waals surface area contributed by atoms with Crippen molar-refractivity contribution in [1.29, 1.82) is 0 Å². The number of imide groups is 1. The second kappa shape index (κ2) is 6.68. The Morgan fingerprint density at radius 1 is 1.09 bits per heavy atom. The number of carbonyl (C=O) groups excluding carboxylic acids is 2. The summed E-state index contributed by atoms with van der Waals surface area (Å²) in [5, 5.41) is 0. The van der Waals surface area contributed by atoms with Crippen molar-refractivity contribution >= 4 is 17.5 Å². The van der Waals surface area contributed by atoms with E-state index < -0.39 is 0 Å². The van der Waals surface area contributed by atoms with Gasteiger partial charge in [0.2, 0.25) is 5.91 Å². The van der Waals surface area contributed by atoms with Crippen LogP contribution in [0.15, 0.2) is 24.3 Å². The molecule has 2 fully saturated rings. The van der Waals surface area contributed by atoms with Crippen LogP contribution >= 0.6 is 0 Å². The average Bonchev–Trinajstić information content (AvgIpc) is 2.84. The van der Waals surface area contributed by atoms with Crippen LogP contribution in [-0.4, -0.2) is 67.5 Å². The fraction of sp³-hybridized carbons (Fsp3) is 0.529. The van der Waals surface area contributed by atoms with Crippen molar-refractivity contribution in [2.24, 2.45) is 0 Å². The lowest BCUT2D eigenvalue weighted by Gasteiger charge is -2.35. The lowest BCUT2D eigenvalue weighted by atomic mass is 10.2. The SMILES string of the molecule is CCOc1ccc(N2C(=O)CC(N3CCN(C)CC3)C2=O)cc1. The zero-order valence-corrected chi connectivity index (χ0v) is 13.7. The summed E-state index contributed by atoms with van der Waals surface area (Å²) in [6.07, 6.45) is 0.274.